The molecule has 1 nitrogen and oxygen atoms in total. The van der Waals surface area contributed by atoms with Gasteiger partial charge in [0.05, 0.1) is 10.7 Å². The lowest BCUT2D eigenvalue weighted by Gasteiger charge is -2.40. The number of nitrogens with zero attached hydrogens (tertiary/aromatic N) is 1. The summed E-state index contributed by atoms with van der Waals surface area (Å²) in [5, 5.41) is 2.74. The second-order valence-corrected chi connectivity index (χ2v) is 8.58. The van der Waals surface area contributed by atoms with Crippen LogP contribution in [0.3, 0.4) is 0 Å². The Balaban J connectivity index is 1.78. The Labute approximate surface area is 122 Å². The summed E-state index contributed by atoms with van der Waals surface area (Å²) in [6.45, 7) is 0. The first-order chi connectivity index (χ1) is 9.51. The molecule has 3 rings (SSSR count). The first-order valence-corrected chi connectivity index (χ1v) is 9.12. The summed E-state index contributed by atoms with van der Waals surface area (Å²) in [6, 6.07) is 3.08. The number of hydrogen-bond acceptors (Lipinski definition) is 2. The fourth-order valence-corrected chi connectivity index (χ4v) is 3.57. The van der Waals surface area contributed by atoms with Gasteiger partial charge < -0.3 is 0 Å². The van der Waals surface area contributed by atoms with Gasteiger partial charge >= 0.3 is 10.2 Å². The van der Waals surface area contributed by atoms with Crippen LogP contribution in [0, 0.1) is 0 Å². The molecule has 0 spiro atoms. The molecule has 0 bridgehead atoms. The zero-order valence-electron chi connectivity index (χ0n) is 10.7. The first kappa shape index (κ1) is 14.8. The lowest BCUT2D eigenvalue weighted by atomic mass is 10.2. The molecular weight excluding hydrogens is 329 g/mol. The maximum absolute atomic E-state index is 12.6. The zero-order chi connectivity index (χ0) is 15.4. The van der Waals surface area contributed by atoms with E-state index in [1.807, 2.05) is 5.38 Å². The monoisotopic (exact) mass is 341 g/mol. The van der Waals surface area contributed by atoms with E-state index >= 15 is 0 Å². The predicted octanol–water partition coefficient (Wildman–Crippen LogP) is 6.27. The minimum atomic E-state index is -9.57. The van der Waals surface area contributed by atoms with Crippen LogP contribution in [0.15, 0.2) is 34.5 Å². The molecule has 0 radical (unpaired) electrons. The number of halogens is 5. The highest BCUT2D eigenvalue weighted by Crippen LogP contribution is 3.02. The van der Waals surface area contributed by atoms with Crippen LogP contribution >= 0.6 is 21.6 Å². The van der Waals surface area contributed by atoms with E-state index < -0.39 is 15.1 Å². The highest BCUT2D eigenvalue weighted by molar-refractivity contribution is 8.45. The maximum Gasteiger partial charge on any atom is 0.310 e. The van der Waals surface area contributed by atoms with E-state index in [9.17, 15) is 19.4 Å². The third-order valence-corrected chi connectivity index (χ3v) is 5.32. The standard InChI is InChI=1S/C13H12F5NS2/c14-21(15,16,17,18)11-5-1-9(2-6-11)7-13-19-12(8-20-13)10-3-4-10/h1-2,5-6,8,10H,3-4,7H2. The lowest BCUT2D eigenvalue weighted by Crippen LogP contribution is -2.05. The van der Waals surface area contributed by atoms with Crippen LogP contribution in [0.4, 0.5) is 19.4 Å². The largest absolute Gasteiger partial charge is 0.310 e. The Morgan fingerprint density at radius 2 is 1.67 bits per heavy atom. The molecule has 1 saturated carbocycles. The molecule has 8 heteroatoms. The molecule has 1 fully saturated rings. The first-order valence-electron chi connectivity index (χ1n) is 6.29. The number of thiazole rings is 1. The molecule has 0 saturated heterocycles. The summed E-state index contributed by atoms with van der Waals surface area (Å²) in [4.78, 5) is 2.57. The SMILES string of the molecule is FS(F)(F)(F)(F)c1ccc(Cc2nc(C3CC3)cs2)cc1. The number of aromatic nitrogens is 1. The van der Waals surface area contributed by atoms with E-state index in [1.54, 1.807) is 0 Å². The van der Waals surface area contributed by atoms with E-state index in [2.05, 4.69) is 4.98 Å². The van der Waals surface area contributed by atoms with Crippen LogP contribution in [0.1, 0.15) is 35.0 Å². The number of benzene rings is 1. The molecular formula is C13H12F5NS2. The fourth-order valence-electron chi connectivity index (χ4n) is 2.01. The van der Waals surface area contributed by atoms with Crippen molar-refractivity contribution in [2.75, 3.05) is 0 Å². The van der Waals surface area contributed by atoms with E-state index in [1.165, 1.54) is 11.3 Å². The summed E-state index contributed by atoms with van der Waals surface area (Å²) in [5.41, 5.74) is 1.57. The molecule has 1 aromatic carbocycles. The van der Waals surface area contributed by atoms with Crippen molar-refractivity contribution < 1.29 is 19.4 Å². The second-order valence-electron chi connectivity index (χ2n) is 5.23. The van der Waals surface area contributed by atoms with Gasteiger partial charge in [-0.25, -0.2) is 4.98 Å². The Hall–Kier alpha value is -1.15. The van der Waals surface area contributed by atoms with Gasteiger partial charge in [-0.2, -0.15) is 0 Å². The van der Waals surface area contributed by atoms with Crippen molar-refractivity contribution in [3.63, 3.8) is 0 Å². The van der Waals surface area contributed by atoms with Gasteiger partial charge in [0.25, 0.3) is 0 Å². The van der Waals surface area contributed by atoms with Crippen LogP contribution in [-0.4, -0.2) is 4.98 Å². The van der Waals surface area contributed by atoms with Crippen molar-refractivity contribution >= 4 is 21.6 Å². The molecule has 1 heterocycles. The van der Waals surface area contributed by atoms with Crippen LogP contribution < -0.4 is 0 Å². The van der Waals surface area contributed by atoms with Gasteiger partial charge in [0.15, 0.2) is 0 Å². The summed E-state index contributed by atoms with van der Waals surface area (Å²) < 4.78 is 63.0. The third-order valence-electron chi connectivity index (χ3n) is 3.29. The smallest absolute Gasteiger partial charge is 0.246 e. The van der Waals surface area contributed by atoms with Crippen molar-refractivity contribution in [3.05, 3.63) is 45.9 Å². The van der Waals surface area contributed by atoms with Crippen molar-refractivity contribution in [2.45, 2.75) is 30.1 Å². The Morgan fingerprint density at radius 3 is 2.19 bits per heavy atom. The molecule has 0 amide bonds. The van der Waals surface area contributed by atoms with Crippen molar-refractivity contribution in [3.8, 4) is 0 Å². The van der Waals surface area contributed by atoms with Gasteiger partial charge in [-0.15, -0.1) is 11.3 Å². The highest BCUT2D eigenvalue weighted by Gasteiger charge is 2.65. The molecule has 116 valence electrons. The summed E-state index contributed by atoms with van der Waals surface area (Å²) in [6.07, 6.45) is 2.61. The molecule has 0 unspecified atom stereocenters. The topological polar surface area (TPSA) is 12.9 Å². The highest BCUT2D eigenvalue weighted by atomic mass is 32.5. The van der Waals surface area contributed by atoms with Gasteiger partial charge in [0, 0.05) is 17.7 Å². The third kappa shape index (κ3) is 3.55. The Kier molecular flexibility index (Phi) is 2.80. The molecule has 1 aliphatic carbocycles. The van der Waals surface area contributed by atoms with Crippen LogP contribution in [0.2, 0.25) is 0 Å². The van der Waals surface area contributed by atoms with Gasteiger partial charge in [-0.05, 0) is 30.5 Å². The summed E-state index contributed by atoms with van der Waals surface area (Å²) in [7, 11) is -9.57. The second kappa shape index (κ2) is 3.98. The van der Waals surface area contributed by atoms with Crippen LogP contribution in [-0.2, 0) is 6.42 Å². The van der Waals surface area contributed by atoms with Crippen LogP contribution in [0.25, 0.3) is 0 Å². The zero-order valence-corrected chi connectivity index (χ0v) is 12.4. The van der Waals surface area contributed by atoms with E-state index in [0.29, 0.717) is 30.0 Å². The molecule has 0 aliphatic heterocycles. The molecule has 21 heavy (non-hydrogen) atoms. The van der Waals surface area contributed by atoms with Gasteiger partial charge in [-0.1, -0.05) is 31.6 Å². The Morgan fingerprint density at radius 1 is 1.05 bits per heavy atom. The van der Waals surface area contributed by atoms with Crippen molar-refractivity contribution in [2.24, 2.45) is 0 Å². The molecule has 0 N–H and O–H groups in total. The Bertz CT molecular complexity index is 671. The summed E-state index contributed by atoms with van der Waals surface area (Å²) in [5.74, 6) is 0.519. The van der Waals surface area contributed by atoms with Crippen molar-refractivity contribution in [1.82, 2.24) is 4.98 Å². The number of rotatable bonds is 4. The van der Waals surface area contributed by atoms with Crippen LogP contribution in [0.5, 0.6) is 0 Å². The quantitative estimate of drug-likeness (QED) is 0.597. The van der Waals surface area contributed by atoms with Gasteiger partial charge in [0.2, 0.25) is 0 Å². The molecule has 2 aromatic rings. The fraction of sp³-hybridized carbons (Fsp3) is 0.308. The molecule has 1 aliphatic rings. The van der Waals surface area contributed by atoms with E-state index in [0.717, 1.165) is 35.7 Å². The van der Waals surface area contributed by atoms with E-state index in [-0.39, 0.29) is 0 Å². The van der Waals surface area contributed by atoms with E-state index in [4.69, 9.17) is 0 Å². The minimum absolute atomic E-state index is 0.359. The van der Waals surface area contributed by atoms with Gasteiger partial charge in [-0.3, -0.25) is 0 Å². The number of hydrogen-bond donors (Lipinski definition) is 0. The minimum Gasteiger partial charge on any atom is -0.246 e. The molecule has 1 aromatic heterocycles. The summed E-state index contributed by atoms with van der Waals surface area (Å²) >= 11 is 1.45. The lowest BCUT2D eigenvalue weighted by molar-refractivity contribution is 0.364. The molecule has 0 atom stereocenters. The van der Waals surface area contributed by atoms with Crippen molar-refractivity contribution in [1.29, 1.82) is 0 Å². The average Bonchev–Trinajstić information content (AvgIpc) is 3.09. The predicted molar refractivity (Wildman–Crippen MR) is 74.7 cm³/mol. The maximum atomic E-state index is 12.6. The average molecular weight is 341 g/mol. The van der Waals surface area contributed by atoms with Gasteiger partial charge in [0.1, 0.15) is 4.90 Å². The normalized spacial score (nSPS) is 19.1.